The Morgan fingerprint density at radius 1 is 1.37 bits per heavy atom. The van der Waals surface area contributed by atoms with Crippen LogP contribution in [-0.4, -0.2) is 16.2 Å². The summed E-state index contributed by atoms with van der Waals surface area (Å²) in [7, 11) is 0. The van der Waals surface area contributed by atoms with Gasteiger partial charge in [-0.25, -0.2) is 4.98 Å². The third kappa shape index (κ3) is 4.20. The van der Waals surface area contributed by atoms with Crippen molar-refractivity contribution in [2.24, 2.45) is 5.92 Å². The Morgan fingerprint density at radius 3 is 2.89 bits per heavy atom. The normalized spacial score (nSPS) is 23.3. The largest absolute Gasteiger partial charge is 0.474 e. The van der Waals surface area contributed by atoms with Crippen LogP contribution in [0, 0.1) is 5.92 Å². The summed E-state index contributed by atoms with van der Waals surface area (Å²) in [5, 5.41) is 9.32. The van der Waals surface area contributed by atoms with Crippen molar-refractivity contribution in [1.82, 2.24) is 4.98 Å². The Morgan fingerprint density at radius 2 is 2.21 bits per heavy atom. The van der Waals surface area contributed by atoms with E-state index in [0.29, 0.717) is 12.0 Å². The molecule has 0 aliphatic heterocycles. The van der Waals surface area contributed by atoms with E-state index in [1.165, 1.54) is 12.8 Å². The number of rotatable bonds is 5. The van der Waals surface area contributed by atoms with E-state index in [0.717, 1.165) is 42.9 Å². The van der Waals surface area contributed by atoms with Crippen LogP contribution in [-0.2, 0) is 13.0 Å². The van der Waals surface area contributed by atoms with E-state index in [-0.39, 0.29) is 6.61 Å². The highest BCUT2D eigenvalue weighted by atomic mass is 16.5. The van der Waals surface area contributed by atoms with Crippen molar-refractivity contribution in [2.45, 2.75) is 65.1 Å². The van der Waals surface area contributed by atoms with Crippen LogP contribution in [0.1, 0.15) is 57.2 Å². The Bertz CT molecular complexity index is 406. The molecule has 1 aromatic rings. The van der Waals surface area contributed by atoms with E-state index in [2.05, 4.69) is 18.8 Å². The zero-order valence-electron chi connectivity index (χ0n) is 12.1. The van der Waals surface area contributed by atoms with Gasteiger partial charge in [-0.2, -0.15) is 0 Å². The Kier molecular flexibility index (Phi) is 5.20. The van der Waals surface area contributed by atoms with Crippen molar-refractivity contribution in [3.8, 4) is 5.88 Å². The van der Waals surface area contributed by atoms with E-state index in [4.69, 9.17) is 4.74 Å². The molecular formula is C16H25NO2. The first-order valence-electron chi connectivity index (χ1n) is 7.48. The van der Waals surface area contributed by atoms with Gasteiger partial charge in [-0.1, -0.05) is 26.7 Å². The molecule has 2 atom stereocenters. The number of aryl methyl sites for hydroxylation is 1. The molecule has 0 spiro atoms. The molecule has 1 aliphatic carbocycles. The van der Waals surface area contributed by atoms with Gasteiger partial charge in [0.15, 0.2) is 0 Å². The smallest absolute Gasteiger partial charge is 0.214 e. The lowest BCUT2D eigenvalue weighted by Gasteiger charge is -2.27. The van der Waals surface area contributed by atoms with Crippen LogP contribution in [0.15, 0.2) is 12.1 Å². The molecule has 1 aromatic heterocycles. The van der Waals surface area contributed by atoms with E-state index >= 15 is 0 Å². The monoisotopic (exact) mass is 263 g/mol. The summed E-state index contributed by atoms with van der Waals surface area (Å²) in [4.78, 5) is 4.56. The molecule has 0 amide bonds. The fourth-order valence-corrected chi connectivity index (χ4v) is 2.81. The summed E-state index contributed by atoms with van der Waals surface area (Å²) in [6, 6.07) is 3.85. The molecule has 0 aromatic carbocycles. The molecule has 19 heavy (non-hydrogen) atoms. The lowest BCUT2D eigenvalue weighted by atomic mass is 9.89. The van der Waals surface area contributed by atoms with Crippen LogP contribution in [0.25, 0.3) is 0 Å². The van der Waals surface area contributed by atoms with Crippen LogP contribution in [0.3, 0.4) is 0 Å². The second-order valence-electron chi connectivity index (χ2n) is 5.72. The molecule has 1 N–H and O–H groups in total. The molecular weight excluding hydrogens is 238 g/mol. The van der Waals surface area contributed by atoms with Gasteiger partial charge in [0.25, 0.3) is 0 Å². The minimum atomic E-state index is 0.0522. The molecule has 106 valence electrons. The highest BCUT2D eigenvalue weighted by molar-refractivity contribution is 5.25. The van der Waals surface area contributed by atoms with Crippen molar-refractivity contribution in [1.29, 1.82) is 0 Å². The maximum absolute atomic E-state index is 9.32. The first-order valence-corrected chi connectivity index (χ1v) is 7.48. The fraction of sp³-hybridized carbons (Fsp3) is 0.688. The minimum absolute atomic E-state index is 0.0522. The van der Waals surface area contributed by atoms with Crippen molar-refractivity contribution < 1.29 is 9.84 Å². The number of ether oxygens (including phenoxy) is 1. The van der Waals surface area contributed by atoms with Gasteiger partial charge in [-0.3, -0.25) is 0 Å². The first-order chi connectivity index (χ1) is 9.21. The minimum Gasteiger partial charge on any atom is -0.474 e. The van der Waals surface area contributed by atoms with Crippen LogP contribution < -0.4 is 4.74 Å². The lowest BCUT2D eigenvalue weighted by molar-refractivity contribution is 0.123. The molecule has 0 saturated heterocycles. The molecule has 2 unspecified atom stereocenters. The lowest BCUT2D eigenvalue weighted by Crippen LogP contribution is -2.24. The van der Waals surface area contributed by atoms with Gasteiger partial charge in [0.05, 0.1) is 6.61 Å². The Balaban J connectivity index is 2.07. The van der Waals surface area contributed by atoms with Crippen LogP contribution in [0.2, 0.25) is 0 Å². The summed E-state index contributed by atoms with van der Waals surface area (Å²) >= 11 is 0. The summed E-state index contributed by atoms with van der Waals surface area (Å²) in [5.41, 5.74) is 1.92. The van der Waals surface area contributed by atoms with Crippen molar-refractivity contribution >= 4 is 0 Å². The molecule has 1 heterocycles. The van der Waals surface area contributed by atoms with Gasteiger partial charge >= 0.3 is 0 Å². The quantitative estimate of drug-likeness (QED) is 0.884. The predicted octanol–water partition coefficient (Wildman–Crippen LogP) is 3.48. The summed E-state index contributed by atoms with van der Waals surface area (Å²) in [6.07, 6.45) is 7.08. The zero-order chi connectivity index (χ0) is 13.7. The Hall–Kier alpha value is -1.09. The highest BCUT2D eigenvalue weighted by Crippen LogP contribution is 2.27. The summed E-state index contributed by atoms with van der Waals surface area (Å²) in [6.45, 7) is 4.48. The van der Waals surface area contributed by atoms with E-state index in [9.17, 15) is 5.11 Å². The van der Waals surface area contributed by atoms with Gasteiger partial charge in [0.1, 0.15) is 6.10 Å². The Labute approximate surface area is 116 Å². The van der Waals surface area contributed by atoms with Crippen LogP contribution >= 0.6 is 0 Å². The SMILES string of the molecule is CCCc1cc(CO)cc(OC2CCCC(C)C2)n1. The molecule has 1 aliphatic rings. The molecule has 1 saturated carbocycles. The number of nitrogens with zero attached hydrogens (tertiary/aromatic N) is 1. The van der Waals surface area contributed by atoms with E-state index < -0.39 is 0 Å². The second-order valence-corrected chi connectivity index (χ2v) is 5.72. The van der Waals surface area contributed by atoms with Gasteiger partial charge in [0, 0.05) is 11.8 Å². The summed E-state index contributed by atoms with van der Waals surface area (Å²) in [5.74, 6) is 1.43. The molecule has 3 heteroatoms. The fourth-order valence-electron chi connectivity index (χ4n) is 2.81. The molecule has 0 radical (unpaired) electrons. The van der Waals surface area contributed by atoms with Gasteiger partial charge in [-0.15, -0.1) is 0 Å². The number of aliphatic hydroxyl groups excluding tert-OH is 1. The number of pyridine rings is 1. The van der Waals surface area contributed by atoms with Crippen molar-refractivity contribution in [3.63, 3.8) is 0 Å². The number of aromatic nitrogens is 1. The van der Waals surface area contributed by atoms with E-state index in [1.807, 2.05) is 12.1 Å². The van der Waals surface area contributed by atoms with Crippen molar-refractivity contribution in [3.05, 3.63) is 23.4 Å². The average Bonchev–Trinajstić information content (AvgIpc) is 2.39. The first kappa shape index (κ1) is 14.3. The second kappa shape index (κ2) is 6.90. The molecule has 3 nitrogen and oxygen atoms in total. The van der Waals surface area contributed by atoms with Gasteiger partial charge in [-0.05, 0) is 43.2 Å². The van der Waals surface area contributed by atoms with Crippen LogP contribution in [0.5, 0.6) is 5.88 Å². The van der Waals surface area contributed by atoms with Crippen molar-refractivity contribution in [2.75, 3.05) is 0 Å². The summed E-state index contributed by atoms with van der Waals surface area (Å²) < 4.78 is 6.03. The van der Waals surface area contributed by atoms with E-state index in [1.54, 1.807) is 0 Å². The molecule has 2 rings (SSSR count). The van der Waals surface area contributed by atoms with Gasteiger partial charge < -0.3 is 9.84 Å². The third-order valence-corrected chi connectivity index (χ3v) is 3.78. The van der Waals surface area contributed by atoms with Gasteiger partial charge in [0.2, 0.25) is 5.88 Å². The topological polar surface area (TPSA) is 42.4 Å². The predicted molar refractivity (Wildman–Crippen MR) is 76.2 cm³/mol. The number of hydrogen-bond donors (Lipinski definition) is 1. The van der Waals surface area contributed by atoms with Crippen LogP contribution in [0.4, 0.5) is 0 Å². The zero-order valence-corrected chi connectivity index (χ0v) is 12.1. The number of hydrogen-bond acceptors (Lipinski definition) is 3. The molecule has 1 fully saturated rings. The molecule has 0 bridgehead atoms. The standard InChI is InChI=1S/C16H25NO2/c1-3-5-14-9-13(11-18)10-16(17-14)19-15-7-4-6-12(2)8-15/h9-10,12,15,18H,3-8,11H2,1-2H3. The highest BCUT2D eigenvalue weighted by Gasteiger charge is 2.20. The third-order valence-electron chi connectivity index (χ3n) is 3.78. The number of aliphatic hydroxyl groups is 1. The maximum Gasteiger partial charge on any atom is 0.214 e. The maximum atomic E-state index is 9.32. The average molecular weight is 263 g/mol.